The van der Waals surface area contributed by atoms with Crippen LogP contribution in [0.1, 0.15) is 44.4 Å². The summed E-state index contributed by atoms with van der Waals surface area (Å²) in [6.45, 7) is 4.24. The molecule has 3 amide bonds. The zero-order chi connectivity index (χ0) is 28.8. The fraction of sp³-hybridized carbons (Fsp3) is 0.464. The number of carbonyl (C=O) groups excluding carboxylic acids is 3. The number of aromatic amines is 2. The lowest BCUT2D eigenvalue weighted by Gasteiger charge is -2.30. The summed E-state index contributed by atoms with van der Waals surface area (Å²) in [6, 6.07) is 3.87. The van der Waals surface area contributed by atoms with Crippen molar-refractivity contribution in [3.05, 3.63) is 54.2 Å². The van der Waals surface area contributed by atoms with Gasteiger partial charge in [-0.05, 0) is 36.8 Å². The average Bonchev–Trinajstić information content (AvgIpc) is 3.68. The molecule has 1 fully saturated rings. The van der Waals surface area contributed by atoms with E-state index < -0.39 is 47.9 Å². The molecule has 3 aromatic rings. The molecule has 40 heavy (non-hydrogen) atoms. The molecular weight excluding hydrogens is 514 g/mol. The van der Waals surface area contributed by atoms with Crippen LogP contribution >= 0.6 is 0 Å². The molecule has 2 aromatic heterocycles. The Bertz CT molecular complexity index is 1340. The Hall–Kier alpha value is -4.19. The summed E-state index contributed by atoms with van der Waals surface area (Å²) in [6.07, 6.45) is 6.38. The van der Waals surface area contributed by atoms with Gasteiger partial charge in [-0.1, -0.05) is 32.0 Å². The van der Waals surface area contributed by atoms with E-state index in [0.717, 1.165) is 16.5 Å². The van der Waals surface area contributed by atoms with Gasteiger partial charge in [-0.25, -0.2) is 9.78 Å². The number of hydrogen-bond donors (Lipinski definition) is 6. The van der Waals surface area contributed by atoms with E-state index in [-0.39, 0.29) is 18.8 Å². The molecule has 4 rings (SSSR count). The van der Waals surface area contributed by atoms with Crippen molar-refractivity contribution in [1.82, 2.24) is 30.5 Å². The Labute approximate surface area is 232 Å². The van der Waals surface area contributed by atoms with Crippen molar-refractivity contribution in [3.63, 3.8) is 0 Å². The maximum absolute atomic E-state index is 13.9. The molecule has 0 saturated carbocycles. The number of nitrogens with one attached hydrogen (secondary N) is 4. The first-order chi connectivity index (χ1) is 19.1. The Morgan fingerprint density at radius 1 is 1.12 bits per heavy atom. The summed E-state index contributed by atoms with van der Waals surface area (Å²) in [5.41, 5.74) is 8.44. The number of likely N-dealkylation sites (tertiary alicyclic amines) is 1. The van der Waals surface area contributed by atoms with E-state index in [9.17, 15) is 24.3 Å². The van der Waals surface area contributed by atoms with Crippen molar-refractivity contribution in [2.45, 2.75) is 70.1 Å². The summed E-state index contributed by atoms with van der Waals surface area (Å²) < 4.78 is 0. The van der Waals surface area contributed by atoms with Crippen LogP contribution < -0.4 is 16.4 Å². The van der Waals surface area contributed by atoms with Gasteiger partial charge in [0.2, 0.25) is 17.7 Å². The van der Waals surface area contributed by atoms with Gasteiger partial charge in [-0.3, -0.25) is 14.4 Å². The van der Waals surface area contributed by atoms with Crippen LogP contribution in [0.2, 0.25) is 0 Å². The van der Waals surface area contributed by atoms with Crippen LogP contribution in [0.25, 0.3) is 10.9 Å². The van der Waals surface area contributed by atoms with E-state index in [1.807, 2.05) is 44.3 Å². The Morgan fingerprint density at radius 2 is 1.90 bits per heavy atom. The number of aromatic nitrogens is 3. The van der Waals surface area contributed by atoms with E-state index in [0.29, 0.717) is 31.5 Å². The van der Waals surface area contributed by atoms with Gasteiger partial charge in [-0.2, -0.15) is 0 Å². The van der Waals surface area contributed by atoms with E-state index in [2.05, 4.69) is 25.6 Å². The molecule has 0 radical (unpaired) electrons. The highest BCUT2D eigenvalue weighted by Gasteiger charge is 2.39. The molecule has 214 valence electrons. The van der Waals surface area contributed by atoms with Crippen LogP contribution in [-0.2, 0) is 32.0 Å². The SMILES string of the molecule is CC(C)CC(N)C(=O)NC(Cc1c[nH]c2ccccc12)C(=O)N1CCCC1C(=O)NC(Cc1cnc[nH]1)C(=O)O. The molecule has 12 heteroatoms. The molecule has 0 aliphatic carbocycles. The number of amides is 3. The zero-order valence-electron chi connectivity index (χ0n) is 22.7. The maximum Gasteiger partial charge on any atom is 0.326 e. The predicted molar refractivity (Wildman–Crippen MR) is 148 cm³/mol. The van der Waals surface area contributed by atoms with Crippen molar-refractivity contribution in [2.75, 3.05) is 6.54 Å². The lowest BCUT2D eigenvalue weighted by molar-refractivity contribution is -0.144. The Morgan fingerprint density at radius 3 is 2.60 bits per heavy atom. The van der Waals surface area contributed by atoms with Gasteiger partial charge in [-0.15, -0.1) is 0 Å². The van der Waals surface area contributed by atoms with Crippen LogP contribution in [0.15, 0.2) is 43.0 Å². The molecule has 1 saturated heterocycles. The minimum atomic E-state index is -1.19. The van der Waals surface area contributed by atoms with Gasteiger partial charge in [0.05, 0.1) is 12.4 Å². The quantitative estimate of drug-likeness (QED) is 0.194. The molecule has 1 aliphatic rings. The van der Waals surface area contributed by atoms with E-state index in [1.54, 1.807) is 0 Å². The molecule has 3 heterocycles. The van der Waals surface area contributed by atoms with Crippen LogP contribution in [-0.4, -0.2) is 79.4 Å². The first kappa shape index (κ1) is 28.8. The van der Waals surface area contributed by atoms with Gasteiger partial charge in [0.15, 0.2) is 0 Å². The first-order valence-electron chi connectivity index (χ1n) is 13.6. The molecule has 0 spiro atoms. The fourth-order valence-corrected chi connectivity index (χ4v) is 5.20. The molecule has 1 aliphatic heterocycles. The second-order valence-corrected chi connectivity index (χ2v) is 10.7. The molecule has 0 bridgehead atoms. The molecule has 4 atom stereocenters. The third-order valence-electron chi connectivity index (χ3n) is 7.21. The second-order valence-electron chi connectivity index (χ2n) is 10.7. The number of carboxylic acids is 1. The summed E-state index contributed by atoms with van der Waals surface area (Å²) in [5, 5.41) is 16.0. The third kappa shape index (κ3) is 6.87. The third-order valence-corrected chi connectivity index (χ3v) is 7.21. The number of hydrogen-bond acceptors (Lipinski definition) is 6. The molecule has 4 unspecified atom stereocenters. The summed E-state index contributed by atoms with van der Waals surface area (Å²) >= 11 is 0. The topological polar surface area (TPSA) is 186 Å². The number of rotatable bonds is 12. The van der Waals surface area contributed by atoms with Gasteiger partial charge in [0, 0.05) is 48.4 Å². The van der Waals surface area contributed by atoms with Gasteiger partial charge in [0.1, 0.15) is 18.1 Å². The van der Waals surface area contributed by atoms with Crippen molar-refractivity contribution in [1.29, 1.82) is 0 Å². The summed E-state index contributed by atoms with van der Waals surface area (Å²) in [5.74, 6) is -2.39. The molecule has 7 N–H and O–H groups in total. The van der Waals surface area contributed by atoms with Crippen LogP contribution in [0, 0.1) is 5.92 Å². The standard InChI is InChI=1S/C28H37N7O5/c1-16(2)10-20(29)25(36)33-22(11-17-13-31-21-7-4-3-6-19(17)21)27(38)35-9-5-8-24(35)26(37)34-23(28(39)40)12-18-14-30-15-32-18/h3-4,6-7,13-16,20,22-24,31H,5,8-12,29H2,1-2H3,(H,30,32)(H,33,36)(H,34,37)(H,39,40). The number of H-pyrrole nitrogens is 2. The van der Waals surface area contributed by atoms with Crippen LogP contribution in [0.3, 0.4) is 0 Å². The number of imidazole rings is 1. The largest absolute Gasteiger partial charge is 0.480 e. The number of carboxylic acid groups (broad SMARTS) is 1. The lowest BCUT2D eigenvalue weighted by atomic mass is 10.0. The summed E-state index contributed by atoms with van der Waals surface area (Å²) in [4.78, 5) is 63.4. The number of aliphatic carboxylic acids is 1. The lowest BCUT2D eigenvalue weighted by Crippen LogP contribution is -2.57. The van der Waals surface area contributed by atoms with Gasteiger partial charge in [0.25, 0.3) is 0 Å². The highest BCUT2D eigenvalue weighted by atomic mass is 16.4. The Kier molecular flexibility index (Phi) is 9.20. The van der Waals surface area contributed by atoms with Crippen molar-refractivity contribution in [3.8, 4) is 0 Å². The molecule has 1 aromatic carbocycles. The average molecular weight is 552 g/mol. The smallest absolute Gasteiger partial charge is 0.326 e. The number of benzene rings is 1. The van der Waals surface area contributed by atoms with Crippen molar-refractivity contribution >= 4 is 34.6 Å². The minimum absolute atomic E-state index is 0.0225. The number of nitrogens with zero attached hydrogens (tertiary/aromatic N) is 2. The highest BCUT2D eigenvalue weighted by Crippen LogP contribution is 2.23. The minimum Gasteiger partial charge on any atom is -0.480 e. The zero-order valence-corrected chi connectivity index (χ0v) is 22.7. The maximum atomic E-state index is 13.9. The predicted octanol–water partition coefficient (Wildman–Crippen LogP) is 1.09. The number of carbonyl (C=O) groups is 4. The molecular formula is C28H37N7O5. The van der Waals surface area contributed by atoms with E-state index >= 15 is 0 Å². The van der Waals surface area contributed by atoms with Gasteiger partial charge >= 0.3 is 5.97 Å². The number of fused-ring (bicyclic) bond motifs is 1. The van der Waals surface area contributed by atoms with Crippen LogP contribution in [0.5, 0.6) is 0 Å². The van der Waals surface area contributed by atoms with Crippen molar-refractivity contribution < 1.29 is 24.3 Å². The highest BCUT2D eigenvalue weighted by molar-refractivity contribution is 5.95. The van der Waals surface area contributed by atoms with E-state index in [1.165, 1.54) is 17.4 Å². The first-order valence-corrected chi connectivity index (χ1v) is 13.6. The fourth-order valence-electron chi connectivity index (χ4n) is 5.20. The molecule has 12 nitrogen and oxygen atoms in total. The van der Waals surface area contributed by atoms with Crippen molar-refractivity contribution in [2.24, 2.45) is 11.7 Å². The van der Waals surface area contributed by atoms with E-state index in [4.69, 9.17) is 5.73 Å². The number of nitrogens with two attached hydrogens (primary N) is 1. The second kappa shape index (κ2) is 12.8. The number of para-hydroxylation sites is 1. The van der Waals surface area contributed by atoms with Crippen LogP contribution in [0.4, 0.5) is 0 Å². The summed E-state index contributed by atoms with van der Waals surface area (Å²) in [7, 11) is 0. The normalized spacial score (nSPS) is 17.5. The monoisotopic (exact) mass is 551 g/mol. The van der Waals surface area contributed by atoms with Gasteiger partial charge < -0.3 is 36.3 Å². The Balaban J connectivity index is 1.53.